The van der Waals surface area contributed by atoms with Gasteiger partial charge in [-0.25, -0.2) is 15.0 Å². The topological polar surface area (TPSA) is 51.8 Å². The summed E-state index contributed by atoms with van der Waals surface area (Å²) in [6.07, 6.45) is 0. The lowest BCUT2D eigenvalue weighted by Crippen LogP contribution is -2.01. The van der Waals surface area contributed by atoms with Crippen LogP contribution in [0.5, 0.6) is 0 Å². The third kappa shape index (κ3) is 5.40. The second kappa shape index (κ2) is 13.1. The van der Waals surface area contributed by atoms with Gasteiger partial charge in [0.15, 0.2) is 17.5 Å². The van der Waals surface area contributed by atoms with E-state index in [2.05, 4.69) is 182 Å². The molecule has 0 N–H and O–H groups in total. The molecule has 12 rings (SSSR count). The maximum absolute atomic E-state index is 6.68. The first-order valence-electron chi connectivity index (χ1n) is 19.4. The maximum atomic E-state index is 6.68. The molecule has 0 bridgehead atoms. The number of hydrogen-bond donors (Lipinski definition) is 0. The number of aromatic nitrogens is 3. The van der Waals surface area contributed by atoms with E-state index in [1.165, 1.54) is 31.1 Å². The highest BCUT2D eigenvalue weighted by molar-refractivity contribution is 7.25. The molecule has 3 heterocycles. The summed E-state index contributed by atoms with van der Waals surface area (Å²) >= 11 is 1.79. The Morgan fingerprint density at radius 1 is 0.345 bits per heavy atom. The first kappa shape index (κ1) is 32.7. The summed E-state index contributed by atoms with van der Waals surface area (Å²) in [5, 5.41) is 9.06. The SMILES string of the molecule is c1ccc(-c2ccc(-c3ccc4oc5cc6ccccc6cc5c4c3-c3nc(-c4ccc5ccccc5c4)nc(-c4ccc5c(c4)sc4ccccc45)n3)cc2)cc1. The van der Waals surface area contributed by atoms with Crippen LogP contribution in [0, 0.1) is 0 Å². The van der Waals surface area contributed by atoms with Crippen molar-refractivity contribution in [3.63, 3.8) is 0 Å². The molecule has 9 aromatic carbocycles. The van der Waals surface area contributed by atoms with Crippen molar-refractivity contribution in [3.05, 3.63) is 188 Å². The fourth-order valence-corrected chi connectivity index (χ4v) is 9.58. The Bertz CT molecular complexity index is 3570. The average Bonchev–Trinajstić information content (AvgIpc) is 3.85. The molecule has 0 fully saturated rings. The van der Waals surface area contributed by atoms with Gasteiger partial charge in [-0.15, -0.1) is 11.3 Å². The van der Waals surface area contributed by atoms with Crippen LogP contribution in [-0.2, 0) is 0 Å². The quantitative estimate of drug-likeness (QED) is 0.175. The highest BCUT2D eigenvalue weighted by Crippen LogP contribution is 2.44. The molecule has 270 valence electrons. The van der Waals surface area contributed by atoms with Gasteiger partial charge in [0, 0.05) is 47.6 Å². The third-order valence-electron chi connectivity index (χ3n) is 11.3. The van der Waals surface area contributed by atoms with Gasteiger partial charge in [-0.2, -0.15) is 0 Å². The van der Waals surface area contributed by atoms with Crippen molar-refractivity contribution in [2.45, 2.75) is 0 Å². The van der Waals surface area contributed by atoms with E-state index >= 15 is 0 Å². The Kier molecular flexibility index (Phi) is 7.37. The molecule has 0 saturated carbocycles. The number of nitrogens with zero attached hydrogens (tertiary/aromatic N) is 3. The van der Waals surface area contributed by atoms with Gasteiger partial charge in [0.1, 0.15) is 11.2 Å². The summed E-state index contributed by atoms with van der Waals surface area (Å²) in [7, 11) is 0. The van der Waals surface area contributed by atoms with E-state index in [1.54, 1.807) is 11.3 Å². The molecular weight excluding hydrogens is 727 g/mol. The Balaban J connectivity index is 1.15. The molecule has 0 spiro atoms. The van der Waals surface area contributed by atoms with Crippen molar-refractivity contribution in [1.82, 2.24) is 15.0 Å². The van der Waals surface area contributed by atoms with E-state index in [1.807, 2.05) is 6.07 Å². The second-order valence-electron chi connectivity index (χ2n) is 14.8. The van der Waals surface area contributed by atoms with Gasteiger partial charge in [-0.3, -0.25) is 0 Å². The summed E-state index contributed by atoms with van der Waals surface area (Å²) in [5.74, 6) is 1.82. The number of benzene rings is 9. The Hall–Kier alpha value is -7.47. The highest BCUT2D eigenvalue weighted by Gasteiger charge is 2.23. The van der Waals surface area contributed by atoms with Crippen molar-refractivity contribution >= 4 is 75.0 Å². The van der Waals surface area contributed by atoms with Crippen molar-refractivity contribution in [2.75, 3.05) is 0 Å². The first-order valence-corrected chi connectivity index (χ1v) is 20.2. The molecule has 0 aliphatic carbocycles. The van der Waals surface area contributed by atoms with Crippen LogP contribution in [0.4, 0.5) is 0 Å². The van der Waals surface area contributed by atoms with Crippen LogP contribution in [0.3, 0.4) is 0 Å². The minimum Gasteiger partial charge on any atom is -0.456 e. The molecule has 0 unspecified atom stereocenters. The summed E-state index contributed by atoms with van der Waals surface area (Å²) < 4.78 is 9.13. The fraction of sp³-hybridized carbons (Fsp3) is 0. The molecule has 4 nitrogen and oxygen atoms in total. The van der Waals surface area contributed by atoms with Crippen molar-refractivity contribution in [2.24, 2.45) is 0 Å². The van der Waals surface area contributed by atoms with E-state index in [0.29, 0.717) is 17.5 Å². The van der Waals surface area contributed by atoms with Gasteiger partial charge < -0.3 is 4.42 Å². The van der Waals surface area contributed by atoms with Crippen LogP contribution >= 0.6 is 11.3 Å². The van der Waals surface area contributed by atoms with Crippen molar-refractivity contribution < 1.29 is 4.42 Å². The Morgan fingerprint density at radius 3 is 1.74 bits per heavy atom. The second-order valence-corrected chi connectivity index (χ2v) is 15.9. The molecule has 3 aromatic heterocycles. The summed E-state index contributed by atoms with van der Waals surface area (Å²) in [6, 6.07) is 66.3. The smallest absolute Gasteiger partial charge is 0.165 e. The van der Waals surface area contributed by atoms with E-state index in [9.17, 15) is 0 Å². The zero-order valence-electron chi connectivity index (χ0n) is 31.1. The van der Waals surface area contributed by atoms with E-state index in [-0.39, 0.29) is 0 Å². The lowest BCUT2D eigenvalue weighted by atomic mass is 9.93. The highest BCUT2D eigenvalue weighted by atomic mass is 32.1. The number of rotatable bonds is 5. The first-order chi connectivity index (χ1) is 28.7. The van der Waals surface area contributed by atoms with Crippen molar-refractivity contribution in [1.29, 1.82) is 0 Å². The summed E-state index contributed by atoms with van der Waals surface area (Å²) in [6.45, 7) is 0. The number of hydrogen-bond acceptors (Lipinski definition) is 5. The average molecular weight is 758 g/mol. The van der Waals surface area contributed by atoms with Crippen LogP contribution < -0.4 is 0 Å². The van der Waals surface area contributed by atoms with Gasteiger partial charge in [-0.05, 0) is 86.3 Å². The monoisotopic (exact) mass is 757 g/mol. The number of fused-ring (bicyclic) bond motifs is 8. The minimum atomic E-state index is 0.591. The molecule has 0 atom stereocenters. The standard InChI is InChI=1S/C53H31N3OS/c1-2-10-32(11-3-1)34-18-21-35(22-19-34)41-26-27-45-49(44-29-37-14-6-7-15-38(37)30-46(44)57-45)50(41)53-55-51(39-23-20-33-12-4-5-13-36(33)28-39)54-52(56-53)40-24-25-43-42-16-8-9-17-47(42)58-48(43)31-40/h1-31H. The lowest BCUT2D eigenvalue weighted by molar-refractivity contribution is 0.669. The third-order valence-corrected chi connectivity index (χ3v) is 12.4. The summed E-state index contributed by atoms with van der Waals surface area (Å²) in [4.78, 5) is 16.1. The van der Waals surface area contributed by atoms with E-state index < -0.39 is 0 Å². The van der Waals surface area contributed by atoms with Crippen LogP contribution in [0.1, 0.15) is 0 Å². The lowest BCUT2D eigenvalue weighted by Gasteiger charge is -2.14. The predicted molar refractivity (Wildman–Crippen MR) is 242 cm³/mol. The molecule has 0 aliphatic heterocycles. The maximum Gasteiger partial charge on any atom is 0.165 e. The fourth-order valence-electron chi connectivity index (χ4n) is 8.44. The predicted octanol–water partition coefficient (Wildman–Crippen LogP) is 14.8. The van der Waals surface area contributed by atoms with Crippen LogP contribution in [0.25, 0.3) is 120 Å². The zero-order chi connectivity index (χ0) is 38.2. The normalized spacial score (nSPS) is 11.8. The molecule has 0 radical (unpaired) electrons. The van der Waals surface area contributed by atoms with E-state index in [0.717, 1.165) is 71.5 Å². The molecular formula is C53H31N3OS. The molecule has 0 aliphatic rings. The molecule has 0 amide bonds. The Labute approximate surface area is 337 Å². The van der Waals surface area contributed by atoms with Gasteiger partial charge in [-0.1, -0.05) is 146 Å². The van der Waals surface area contributed by atoms with Crippen LogP contribution in [0.15, 0.2) is 192 Å². The molecule has 5 heteroatoms. The largest absolute Gasteiger partial charge is 0.456 e. The molecule has 58 heavy (non-hydrogen) atoms. The van der Waals surface area contributed by atoms with Gasteiger partial charge in [0.25, 0.3) is 0 Å². The zero-order valence-corrected chi connectivity index (χ0v) is 31.9. The molecule has 12 aromatic rings. The summed E-state index contributed by atoms with van der Waals surface area (Å²) in [5.41, 5.74) is 8.80. The minimum absolute atomic E-state index is 0.591. The van der Waals surface area contributed by atoms with Gasteiger partial charge in [0.2, 0.25) is 0 Å². The Morgan fingerprint density at radius 2 is 0.931 bits per heavy atom. The van der Waals surface area contributed by atoms with E-state index in [4.69, 9.17) is 19.4 Å². The van der Waals surface area contributed by atoms with Crippen molar-refractivity contribution in [3.8, 4) is 56.4 Å². The molecule has 0 saturated heterocycles. The van der Waals surface area contributed by atoms with Crippen LogP contribution in [0.2, 0.25) is 0 Å². The van der Waals surface area contributed by atoms with Gasteiger partial charge >= 0.3 is 0 Å². The number of furan rings is 1. The number of thiophene rings is 1. The van der Waals surface area contributed by atoms with Crippen LogP contribution in [-0.4, -0.2) is 15.0 Å². The van der Waals surface area contributed by atoms with Gasteiger partial charge in [0.05, 0.1) is 0 Å².